The Kier molecular flexibility index (Phi) is 8.38. The summed E-state index contributed by atoms with van der Waals surface area (Å²) in [5, 5.41) is 6.62. The van der Waals surface area contributed by atoms with E-state index in [1.165, 1.54) is 5.56 Å². The fraction of sp³-hybridized carbons (Fsp3) is 0.667. The fourth-order valence-corrected chi connectivity index (χ4v) is 2.76. The van der Waals surface area contributed by atoms with Gasteiger partial charge >= 0.3 is 0 Å². The molecule has 27 heavy (non-hydrogen) atoms. The van der Waals surface area contributed by atoms with Crippen molar-refractivity contribution in [3.8, 4) is 5.75 Å². The van der Waals surface area contributed by atoms with Crippen LogP contribution in [0, 0.1) is 6.92 Å². The molecule has 0 amide bonds. The largest absolute Gasteiger partial charge is 0.491 e. The van der Waals surface area contributed by atoms with Gasteiger partial charge in [-0.05, 0) is 52.2 Å². The number of methoxy groups -OCH3 is 1. The highest BCUT2D eigenvalue weighted by Crippen LogP contribution is 2.23. The molecule has 2 N–H and O–H groups in total. The summed E-state index contributed by atoms with van der Waals surface area (Å²) >= 11 is 0. The lowest BCUT2D eigenvalue weighted by Gasteiger charge is -2.24. The first-order valence-electron chi connectivity index (χ1n) is 9.85. The van der Waals surface area contributed by atoms with Gasteiger partial charge < -0.3 is 24.8 Å². The van der Waals surface area contributed by atoms with Gasteiger partial charge in [0.1, 0.15) is 12.4 Å². The quantitative estimate of drug-likeness (QED) is 0.512. The molecule has 0 aliphatic carbocycles. The molecular weight excluding hydrogens is 342 g/mol. The maximum Gasteiger partial charge on any atom is 0.191 e. The molecule has 6 nitrogen and oxygen atoms in total. The molecular formula is C21H35N3O3. The van der Waals surface area contributed by atoms with Crippen molar-refractivity contribution in [2.24, 2.45) is 4.99 Å². The van der Waals surface area contributed by atoms with Gasteiger partial charge in [-0.25, -0.2) is 4.99 Å². The first kappa shape index (κ1) is 21.5. The zero-order valence-electron chi connectivity index (χ0n) is 17.4. The molecule has 1 aromatic rings. The van der Waals surface area contributed by atoms with Gasteiger partial charge in [-0.2, -0.15) is 0 Å². The Labute approximate surface area is 163 Å². The number of rotatable bonds is 9. The Morgan fingerprint density at radius 2 is 2.15 bits per heavy atom. The summed E-state index contributed by atoms with van der Waals surface area (Å²) < 4.78 is 17.2. The molecule has 1 aromatic carbocycles. The monoisotopic (exact) mass is 377 g/mol. The van der Waals surface area contributed by atoms with Crippen LogP contribution in [0.1, 0.15) is 44.7 Å². The lowest BCUT2D eigenvalue weighted by Crippen LogP contribution is -2.45. The van der Waals surface area contributed by atoms with Crippen LogP contribution in [0.5, 0.6) is 5.75 Å². The van der Waals surface area contributed by atoms with E-state index >= 15 is 0 Å². The summed E-state index contributed by atoms with van der Waals surface area (Å²) in [6, 6.07) is 6.26. The molecule has 1 heterocycles. The molecule has 0 bridgehead atoms. The van der Waals surface area contributed by atoms with Gasteiger partial charge in [-0.1, -0.05) is 12.1 Å². The smallest absolute Gasteiger partial charge is 0.191 e. The van der Waals surface area contributed by atoms with Crippen LogP contribution in [-0.4, -0.2) is 51.1 Å². The van der Waals surface area contributed by atoms with Crippen LogP contribution >= 0.6 is 0 Å². The highest BCUT2D eigenvalue weighted by atomic mass is 16.5. The van der Waals surface area contributed by atoms with Gasteiger partial charge in [0.25, 0.3) is 0 Å². The third-order valence-corrected chi connectivity index (χ3v) is 4.66. The van der Waals surface area contributed by atoms with Gasteiger partial charge in [0.2, 0.25) is 0 Å². The molecule has 2 rings (SSSR count). The van der Waals surface area contributed by atoms with Crippen molar-refractivity contribution in [3.63, 3.8) is 0 Å². The Morgan fingerprint density at radius 1 is 1.33 bits per heavy atom. The van der Waals surface area contributed by atoms with E-state index in [2.05, 4.69) is 42.7 Å². The van der Waals surface area contributed by atoms with Crippen LogP contribution in [0.2, 0.25) is 0 Å². The van der Waals surface area contributed by atoms with Crippen molar-refractivity contribution in [3.05, 3.63) is 29.3 Å². The number of benzene rings is 1. The van der Waals surface area contributed by atoms with E-state index in [9.17, 15) is 0 Å². The van der Waals surface area contributed by atoms with Crippen LogP contribution in [0.3, 0.4) is 0 Å². The summed E-state index contributed by atoms with van der Waals surface area (Å²) in [6.45, 7) is 11.7. The molecule has 0 radical (unpaired) electrons. The van der Waals surface area contributed by atoms with Crippen molar-refractivity contribution in [1.82, 2.24) is 10.6 Å². The number of nitrogens with one attached hydrogen (secondary N) is 2. The Hall–Kier alpha value is -1.79. The zero-order chi connectivity index (χ0) is 19.7. The molecule has 1 unspecified atom stereocenters. The van der Waals surface area contributed by atoms with E-state index in [0.29, 0.717) is 19.7 Å². The molecule has 0 aromatic heterocycles. The minimum Gasteiger partial charge on any atom is -0.491 e. The van der Waals surface area contributed by atoms with E-state index < -0.39 is 0 Å². The van der Waals surface area contributed by atoms with Crippen molar-refractivity contribution < 1.29 is 14.2 Å². The van der Waals surface area contributed by atoms with E-state index in [0.717, 1.165) is 43.3 Å². The summed E-state index contributed by atoms with van der Waals surface area (Å²) in [6.07, 6.45) is 2.40. The second-order valence-electron chi connectivity index (χ2n) is 7.57. The first-order chi connectivity index (χ1) is 12.9. The lowest BCUT2D eigenvalue weighted by molar-refractivity contribution is 0.0268. The zero-order valence-corrected chi connectivity index (χ0v) is 17.4. The Morgan fingerprint density at radius 3 is 2.81 bits per heavy atom. The van der Waals surface area contributed by atoms with Gasteiger partial charge in [0.15, 0.2) is 5.96 Å². The molecule has 1 saturated heterocycles. The summed E-state index contributed by atoms with van der Waals surface area (Å²) in [5.74, 6) is 1.66. The van der Waals surface area contributed by atoms with Gasteiger partial charge in [0, 0.05) is 32.4 Å². The number of guanidine groups is 1. The number of aryl methyl sites for hydroxylation is 1. The minimum absolute atomic E-state index is 0.206. The van der Waals surface area contributed by atoms with Gasteiger partial charge in [-0.15, -0.1) is 0 Å². The molecule has 1 aliphatic rings. The normalized spacial score (nSPS) is 17.8. The number of nitrogens with zero attached hydrogens (tertiary/aromatic N) is 1. The predicted molar refractivity (Wildman–Crippen MR) is 110 cm³/mol. The lowest BCUT2D eigenvalue weighted by atomic mass is 10.1. The third kappa shape index (κ3) is 7.39. The average Bonchev–Trinajstić information content (AvgIpc) is 3.17. The van der Waals surface area contributed by atoms with E-state index in [-0.39, 0.29) is 11.7 Å². The second-order valence-corrected chi connectivity index (χ2v) is 7.57. The summed E-state index contributed by atoms with van der Waals surface area (Å²) in [4.78, 5) is 4.72. The molecule has 0 spiro atoms. The maximum absolute atomic E-state index is 6.07. The van der Waals surface area contributed by atoms with Crippen molar-refractivity contribution in [2.45, 2.75) is 58.8 Å². The van der Waals surface area contributed by atoms with Crippen molar-refractivity contribution in [2.75, 3.05) is 33.4 Å². The van der Waals surface area contributed by atoms with Crippen LogP contribution in [0.15, 0.2) is 23.2 Å². The maximum atomic E-state index is 6.07. The number of hydrogen-bond donors (Lipinski definition) is 2. The predicted octanol–water partition coefficient (Wildman–Crippen LogP) is 3.03. The van der Waals surface area contributed by atoms with Crippen molar-refractivity contribution in [1.29, 1.82) is 0 Å². The van der Waals surface area contributed by atoms with Crippen LogP contribution in [0.25, 0.3) is 0 Å². The van der Waals surface area contributed by atoms with Crippen LogP contribution in [0.4, 0.5) is 0 Å². The molecule has 1 atom stereocenters. The number of aliphatic imine (C=N–C) groups is 1. The average molecular weight is 378 g/mol. The molecule has 6 heteroatoms. The van der Waals surface area contributed by atoms with E-state index in [4.69, 9.17) is 19.2 Å². The van der Waals surface area contributed by atoms with Crippen molar-refractivity contribution >= 4 is 5.96 Å². The highest BCUT2D eigenvalue weighted by Gasteiger charge is 2.18. The Balaban J connectivity index is 2.02. The molecule has 1 fully saturated rings. The number of hydrogen-bond acceptors (Lipinski definition) is 4. The first-order valence-corrected chi connectivity index (χ1v) is 9.85. The summed E-state index contributed by atoms with van der Waals surface area (Å²) in [5.41, 5.74) is 1.99. The van der Waals surface area contributed by atoms with Gasteiger partial charge in [-0.3, -0.25) is 0 Å². The summed E-state index contributed by atoms with van der Waals surface area (Å²) in [7, 11) is 1.72. The molecule has 0 saturated carbocycles. The Bertz CT molecular complexity index is 611. The van der Waals surface area contributed by atoms with E-state index in [1.807, 2.05) is 13.8 Å². The topological polar surface area (TPSA) is 64.1 Å². The number of ether oxygens (including phenoxy) is 3. The third-order valence-electron chi connectivity index (χ3n) is 4.66. The SMILES string of the molecule is CCNC(=NCc1ccc(C)cc1OCC1CCCO1)NCC(C)(C)OC. The highest BCUT2D eigenvalue weighted by molar-refractivity contribution is 5.79. The van der Waals surface area contributed by atoms with E-state index in [1.54, 1.807) is 7.11 Å². The van der Waals surface area contributed by atoms with Crippen LogP contribution in [-0.2, 0) is 16.0 Å². The molecule has 152 valence electrons. The van der Waals surface area contributed by atoms with Gasteiger partial charge in [0.05, 0.1) is 18.2 Å². The molecule has 1 aliphatic heterocycles. The standard InChI is InChI=1S/C21H35N3O3/c1-6-22-20(24-15-21(3,4)25-5)23-13-17-10-9-16(2)12-19(17)27-14-18-8-7-11-26-18/h9-10,12,18H,6-8,11,13-15H2,1-5H3,(H2,22,23,24). The minimum atomic E-state index is -0.254. The van der Waals surface area contributed by atoms with Crippen LogP contribution < -0.4 is 15.4 Å². The second kappa shape index (κ2) is 10.5. The fourth-order valence-electron chi connectivity index (χ4n) is 2.76.